The number of carbonyl (C=O) groups excluding carboxylic acids is 1. The molecule has 1 saturated heterocycles. The van der Waals surface area contributed by atoms with Crippen molar-refractivity contribution in [1.82, 2.24) is 19.7 Å². The summed E-state index contributed by atoms with van der Waals surface area (Å²) < 4.78 is 16.2. The van der Waals surface area contributed by atoms with Gasteiger partial charge in [0.15, 0.2) is 11.0 Å². The number of carbonyl (C=O) groups is 1. The normalized spacial score (nSPS) is 13.7. The minimum Gasteiger partial charge on any atom is -0.366 e. The van der Waals surface area contributed by atoms with Crippen LogP contribution in [-0.4, -0.2) is 51.8 Å². The minimum absolute atomic E-state index is 0.0147. The number of thioether (sulfide) groups is 1. The lowest BCUT2D eigenvalue weighted by Gasteiger charge is -2.36. The fourth-order valence-electron chi connectivity index (χ4n) is 4.53. The standard InChI is InChI=1S/C29H30FN5OS/c1-3-35-27(23-12-8-21(2)9-13-23)31-32-29(35)37-20-22-10-14-24(15-11-22)28(36)34-18-16-33(17-19-34)26-7-5-4-6-25(26)30/h4-15H,3,16-20H2,1-2H3. The molecule has 1 fully saturated rings. The van der Waals surface area contributed by atoms with Gasteiger partial charge in [-0.05, 0) is 43.7 Å². The molecule has 3 aromatic carbocycles. The van der Waals surface area contributed by atoms with Gasteiger partial charge in [0.1, 0.15) is 5.82 Å². The van der Waals surface area contributed by atoms with Gasteiger partial charge in [-0.1, -0.05) is 65.9 Å². The molecule has 0 atom stereocenters. The number of hydrogen-bond acceptors (Lipinski definition) is 5. The van der Waals surface area contributed by atoms with Gasteiger partial charge in [-0.25, -0.2) is 4.39 Å². The second kappa shape index (κ2) is 11.2. The molecule has 1 amide bonds. The summed E-state index contributed by atoms with van der Waals surface area (Å²) in [5, 5.41) is 9.74. The van der Waals surface area contributed by atoms with Crippen molar-refractivity contribution in [3.63, 3.8) is 0 Å². The lowest BCUT2D eigenvalue weighted by molar-refractivity contribution is 0.0746. The second-order valence-corrected chi connectivity index (χ2v) is 10.1. The number of nitrogens with zero attached hydrogens (tertiary/aromatic N) is 5. The summed E-state index contributed by atoms with van der Waals surface area (Å²) in [6, 6.07) is 22.9. The second-order valence-electron chi connectivity index (χ2n) is 9.13. The Morgan fingerprint density at radius 2 is 1.62 bits per heavy atom. The molecule has 6 nitrogen and oxygen atoms in total. The minimum atomic E-state index is -0.223. The predicted molar refractivity (Wildman–Crippen MR) is 146 cm³/mol. The summed E-state index contributed by atoms with van der Waals surface area (Å²) in [6.45, 7) is 7.33. The Hall–Kier alpha value is -3.65. The summed E-state index contributed by atoms with van der Waals surface area (Å²) in [6.07, 6.45) is 0. The maximum atomic E-state index is 14.1. The quantitative estimate of drug-likeness (QED) is 0.297. The van der Waals surface area contributed by atoms with Gasteiger partial charge in [0.05, 0.1) is 5.69 Å². The zero-order valence-corrected chi connectivity index (χ0v) is 21.9. The van der Waals surface area contributed by atoms with Crippen LogP contribution in [0.25, 0.3) is 11.4 Å². The third-order valence-corrected chi connectivity index (χ3v) is 7.71. The van der Waals surface area contributed by atoms with Crippen LogP contribution < -0.4 is 4.90 Å². The van der Waals surface area contributed by atoms with E-state index in [4.69, 9.17) is 0 Å². The average Bonchev–Trinajstić information content (AvgIpc) is 3.35. The van der Waals surface area contributed by atoms with Crippen LogP contribution in [0.1, 0.15) is 28.4 Å². The van der Waals surface area contributed by atoms with Crippen LogP contribution in [0.4, 0.5) is 10.1 Å². The van der Waals surface area contributed by atoms with Crippen LogP contribution in [-0.2, 0) is 12.3 Å². The Balaban J connectivity index is 1.18. The van der Waals surface area contributed by atoms with E-state index in [0.29, 0.717) is 37.4 Å². The number of aryl methyl sites for hydroxylation is 1. The van der Waals surface area contributed by atoms with Crippen LogP contribution in [0, 0.1) is 12.7 Å². The van der Waals surface area contributed by atoms with Crippen molar-refractivity contribution in [3.8, 4) is 11.4 Å². The maximum absolute atomic E-state index is 14.1. The molecule has 190 valence electrons. The summed E-state index contributed by atoms with van der Waals surface area (Å²) in [5.41, 5.74) is 4.67. The zero-order chi connectivity index (χ0) is 25.8. The molecule has 0 bridgehead atoms. The lowest BCUT2D eigenvalue weighted by Crippen LogP contribution is -2.49. The summed E-state index contributed by atoms with van der Waals surface area (Å²) in [4.78, 5) is 16.9. The molecule has 1 aromatic heterocycles. The molecule has 1 aliphatic heterocycles. The summed E-state index contributed by atoms with van der Waals surface area (Å²) >= 11 is 1.64. The molecule has 4 aromatic rings. The van der Waals surface area contributed by atoms with E-state index in [2.05, 4.69) is 52.9 Å². The first-order valence-corrected chi connectivity index (χ1v) is 13.5. The van der Waals surface area contributed by atoms with Crippen molar-refractivity contribution >= 4 is 23.4 Å². The molecular weight excluding hydrogens is 485 g/mol. The van der Waals surface area contributed by atoms with Gasteiger partial charge in [0.25, 0.3) is 5.91 Å². The van der Waals surface area contributed by atoms with Gasteiger partial charge in [-0.2, -0.15) is 0 Å². The van der Waals surface area contributed by atoms with E-state index >= 15 is 0 Å². The van der Waals surface area contributed by atoms with Gasteiger partial charge in [-0.15, -0.1) is 10.2 Å². The Labute approximate surface area is 221 Å². The fraction of sp³-hybridized carbons (Fsp3) is 0.276. The molecule has 0 spiro atoms. The average molecular weight is 516 g/mol. The molecule has 8 heteroatoms. The number of hydrogen-bond donors (Lipinski definition) is 0. The number of rotatable bonds is 7. The van der Waals surface area contributed by atoms with Gasteiger partial charge in [0.2, 0.25) is 0 Å². The highest BCUT2D eigenvalue weighted by Crippen LogP contribution is 2.27. The topological polar surface area (TPSA) is 54.3 Å². The Bertz CT molecular complexity index is 1360. The first-order chi connectivity index (χ1) is 18.0. The highest BCUT2D eigenvalue weighted by molar-refractivity contribution is 7.98. The van der Waals surface area contributed by atoms with E-state index in [-0.39, 0.29) is 11.7 Å². The van der Waals surface area contributed by atoms with Crippen molar-refractivity contribution in [2.24, 2.45) is 0 Å². The molecule has 37 heavy (non-hydrogen) atoms. The van der Waals surface area contributed by atoms with Crippen LogP contribution in [0.2, 0.25) is 0 Å². The number of halogens is 1. The fourth-order valence-corrected chi connectivity index (χ4v) is 5.49. The Kier molecular flexibility index (Phi) is 7.55. The molecular formula is C29H30FN5OS. The molecule has 0 N–H and O–H groups in total. The molecule has 0 unspecified atom stereocenters. The summed E-state index contributed by atoms with van der Waals surface area (Å²) in [7, 11) is 0. The van der Waals surface area contributed by atoms with E-state index < -0.39 is 0 Å². The zero-order valence-electron chi connectivity index (χ0n) is 21.1. The van der Waals surface area contributed by atoms with E-state index in [9.17, 15) is 9.18 Å². The number of anilines is 1. The molecule has 0 aliphatic carbocycles. The van der Waals surface area contributed by atoms with E-state index in [1.54, 1.807) is 23.9 Å². The molecule has 0 saturated carbocycles. The lowest BCUT2D eigenvalue weighted by atomic mass is 10.1. The number of amides is 1. The van der Waals surface area contributed by atoms with Crippen LogP contribution >= 0.6 is 11.8 Å². The first-order valence-electron chi connectivity index (χ1n) is 12.5. The van der Waals surface area contributed by atoms with Crippen molar-refractivity contribution in [2.45, 2.75) is 31.3 Å². The van der Waals surface area contributed by atoms with Crippen molar-refractivity contribution in [2.75, 3.05) is 31.1 Å². The van der Waals surface area contributed by atoms with Gasteiger partial charge in [0, 0.05) is 49.6 Å². The van der Waals surface area contributed by atoms with Crippen LogP contribution in [0.5, 0.6) is 0 Å². The van der Waals surface area contributed by atoms with Crippen molar-refractivity contribution < 1.29 is 9.18 Å². The molecule has 1 aliphatic rings. The van der Waals surface area contributed by atoms with Crippen molar-refractivity contribution in [1.29, 1.82) is 0 Å². The van der Waals surface area contributed by atoms with Gasteiger partial charge in [-0.3, -0.25) is 4.79 Å². The molecule has 5 rings (SSSR count). The number of benzene rings is 3. The molecule has 2 heterocycles. The van der Waals surface area contributed by atoms with E-state index in [1.807, 2.05) is 40.1 Å². The van der Waals surface area contributed by atoms with Crippen LogP contribution in [0.3, 0.4) is 0 Å². The van der Waals surface area contributed by atoms with Gasteiger partial charge >= 0.3 is 0 Å². The largest absolute Gasteiger partial charge is 0.366 e. The Morgan fingerprint density at radius 3 is 2.30 bits per heavy atom. The van der Waals surface area contributed by atoms with Crippen molar-refractivity contribution in [3.05, 3.63) is 95.3 Å². The monoisotopic (exact) mass is 515 g/mol. The smallest absolute Gasteiger partial charge is 0.253 e. The Morgan fingerprint density at radius 1 is 0.919 bits per heavy atom. The SMILES string of the molecule is CCn1c(SCc2ccc(C(=O)N3CCN(c4ccccc4F)CC3)cc2)nnc1-c1ccc(C)cc1. The van der Waals surface area contributed by atoms with E-state index in [0.717, 1.165) is 34.4 Å². The third-order valence-electron chi connectivity index (χ3n) is 6.67. The summed E-state index contributed by atoms with van der Waals surface area (Å²) in [5.74, 6) is 1.41. The highest BCUT2D eigenvalue weighted by atomic mass is 32.2. The van der Waals surface area contributed by atoms with E-state index in [1.165, 1.54) is 11.6 Å². The first kappa shape index (κ1) is 25.0. The number of aromatic nitrogens is 3. The highest BCUT2D eigenvalue weighted by Gasteiger charge is 2.23. The predicted octanol–water partition coefficient (Wildman–Crippen LogP) is 5.67. The number of piperazine rings is 1. The molecule has 0 radical (unpaired) electrons. The van der Waals surface area contributed by atoms with Crippen LogP contribution in [0.15, 0.2) is 78.0 Å². The number of para-hydroxylation sites is 1. The maximum Gasteiger partial charge on any atom is 0.253 e. The van der Waals surface area contributed by atoms with Gasteiger partial charge < -0.3 is 14.4 Å². The third kappa shape index (κ3) is 5.54.